The Labute approximate surface area is 98.9 Å². The van der Waals surface area contributed by atoms with Crippen molar-refractivity contribution in [2.45, 2.75) is 45.8 Å². The summed E-state index contributed by atoms with van der Waals surface area (Å²) in [6, 6.07) is 0. The first-order chi connectivity index (χ1) is 6.34. The van der Waals surface area contributed by atoms with Gasteiger partial charge in [0, 0.05) is 6.54 Å². The second-order valence-corrected chi connectivity index (χ2v) is 4.66. The molecule has 0 aromatic rings. The smallest absolute Gasteiger partial charge is 0.400 e. The topological polar surface area (TPSA) is 44.5 Å². The third-order valence-corrected chi connectivity index (χ3v) is 3.16. The molecule has 1 aliphatic rings. The molecule has 1 fully saturated rings. The van der Waals surface area contributed by atoms with Crippen LogP contribution in [0.25, 0.3) is 0 Å². The van der Waals surface area contributed by atoms with Crippen LogP contribution in [0.3, 0.4) is 0 Å². The SMILES string of the molecule is C/C=C(/CN)B1OC(C)(C)C(C)(C)O1.Cl. The van der Waals surface area contributed by atoms with Crippen LogP contribution in [0.1, 0.15) is 34.6 Å². The second-order valence-electron chi connectivity index (χ2n) is 4.66. The van der Waals surface area contributed by atoms with Crippen LogP contribution in [0.15, 0.2) is 11.5 Å². The fraction of sp³-hybridized carbons (Fsp3) is 0.800. The molecule has 3 nitrogen and oxygen atoms in total. The van der Waals surface area contributed by atoms with Crippen LogP contribution in [-0.4, -0.2) is 24.9 Å². The van der Waals surface area contributed by atoms with E-state index >= 15 is 0 Å². The highest BCUT2D eigenvalue weighted by molar-refractivity contribution is 6.54. The van der Waals surface area contributed by atoms with Gasteiger partial charge >= 0.3 is 7.12 Å². The summed E-state index contributed by atoms with van der Waals surface area (Å²) >= 11 is 0. The van der Waals surface area contributed by atoms with Gasteiger partial charge in [0.2, 0.25) is 0 Å². The maximum Gasteiger partial charge on any atom is 0.491 e. The molecule has 88 valence electrons. The predicted molar refractivity (Wildman–Crippen MR) is 66.1 cm³/mol. The van der Waals surface area contributed by atoms with Gasteiger partial charge in [-0.1, -0.05) is 6.08 Å². The van der Waals surface area contributed by atoms with Crippen molar-refractivity contribution in [3.05, 3.63) is 11.5 Å². The maximum absolute atomic E-state index is 5.84. The van der Waals surface area contributed by atoms with Gasteiger partial charge in [-0.15, -0.1) is 12.4 Å². The summed E-state index contributed by atoms with van der Waals surface area (Å²) in [5.41, 5.74) is 6.06. The zero-order valence-corrected chi connectivity index (χ0v) is 11.0. The van der Waals surface area contributed by atoms with Crippen LogP contribution in [0.5, 0.6) is 0 Å². The first kappa shape index (κ1) is 15.0. The first-order valence-electron chi connectivity index (χ1n) is 5.05. The van der Waals surface area contributed by atoms with Gasteiger partial charge in [0.05, 0.1) is 11.2 Å². The van der Waals surface area contributed by atoms with E-state index in [9.17, 15) is 0 Å². The van der Waals surface area contributed by atoms with Gasteiger partial charge in [0.1, 0.15) is 0 Å². The molecule has 1 aliphatic heterocycles. The van der Waals surface area contributed by atoms with Crippen LogP contribution in [-0.2, 0) is 9.31 Å². The molecule has 0 bridgehead atoms. The molecule has 1 saturated heterocycles. The molecular formula is C10H21BClNO2. The third kappa shape index (κ3) is 2.75. The maximum atomic E-state index is 5.84. The average molecular weight is 234 g/mol. The average Bonchev–Trinajstić information content (AvgIpc) is 2.23. The summed E-state index contributed by atoms with van der Waals surface area (Å²) in [7, 11) is -0.282. The van der Waals surface area contributed by atoms with Crippen LogP contribution >= 0.6 is 12.4 Å². The Bertz CT molecular complexity index is 238. The lowest BCUT2D eigenvalue weighted by molar-refractivity contribution is 0.00578. The molecule has 0 saturated carbocycles. The van der Waals surface area contributed by atoms with Gasteiger partial charge in [-0.05, 0) is 40.1 Å². The Morgan fingerprint density at radius 1 is 1.20 bits per heavy atom. The zero-order valence-electron chi connectivity index (χ0n) is 10.2. The molecule has 0 radical (unpaired) electrons. The Kier molecular flexibility index (Phi) is 4.86. The van der Waals surface area contributed by atoms with Crippen molar-refractivity contribution < 1.29 is 9.31 Å². The molecule has 0 aromatic heterocycles. The molecular weight excluding hydrogens is 212 g/mol. The zero-order chi connectivity index (χ0) is 11.0. The van der Waals surface area contributed by atoms with Gasteiger partial charge < -0.3 is 15.0 Å². The van der Waals surface area contributed by atoms with Crippen molar-refractivity contribution in [2.24, 2.45) is 5.73 Å². The van der Waals surface area contributed by atoms with Gasteiger partial charge in [-0.3, -0.25) is 0 Å². The quantitative estimate of drug-likeness (QED) is 0.742. The van der Waals surface area contributed by atoms with Gasteiger partial charge in [-0.25, -0.2) is 0 Å². The predicted octanol–water partition coefficient (Wildman–Crippen LogP) is 1.94. The summed E-state index contributed by atoms with van der Waals surface area (Å²) in [5.74, 6) is 0. The Hall–Kier alpha value is -0.0251. The van der Waals surface area contributed by atoms with Crippen molar-refractivity contribution in [2.75, 3.05) is 6.54 Å². The molecule has 0 unspecified atom stereocenters. The minimum atomic E-state index is -0.282. The van der Waals surface area contributed by atoms with E-state index in [1.807, 2.05) is 40.7 Å². The fourth-order valence-electron chi connectivity index (χ4n) is 1.34. The van der Waals surface area contributed by atoms with Gasteiger partial charge in [0.25, 0.3) is 0 Å². The standard InChI is InChI=1S/C10H20BNO2.ClH/c1-6-8(7-12)11-13-9(2,3)10(4,5)14-11;/h6H,7,12H2,1-5H3;1H/b8-6-;. The Morgan fingerprint density at radius 2 is 1.60 bits per heavy atom. The lowest BCUT2D eigenvalue weighted by Gasteiger charge is -2.32. The molecule has 15 heavy (non-hydrogen) atoms. The third-order valence-electron chi connectivity index (χ3n) is 3.16. The summed E-state index contributed by atoms with van der Waals surface area (Å²) in [6.45, 7) is 10.6. The lowest BCUT2D eigenvalue weighted by Crippen LogP contribution is -2.41. The number of hydrogen-bond acceptors (Lipinski definition) is 3. The first-order valence-corrected chi connectivity index (χ1v) is 5.05. The highest BCUT2D eigenvalue weighted by Gasteiger charge is 2.51. The lowest BCUT2D eigenvalue weighted by atomic mass is 9.78. The van der Waals surface area contributed by atoms with E-state index in [4.69, 9.17) is 15.0 Å². The Morgan fingerprint density at radius 3 is 1.87 bits per heavy atom. The van der Waals surface area contributed by atoms with Gasteiger partial charge in [0.15, 0.2) is 0 Å². The molecule has 5 heteroatoms. The normalized spacial score (nSPS) is 23.9. The fourth-order valence-corrected chi connectivity index (χ4v) is 1.34. The van der Waals surface area contributed by atoms with Crippen LogP contribution < -0.4 is 5.73 Å². The van der Waals surface area contributed by atoms with E-state index in [1.165, 1.54) is 0 Å². The molecule has 0 atom stereocenters. The van der Waals surface area contributed by atoms with Crippen molar-refractivity contribution >= 4 is 19.5 Å². The van der Waals surface area contributed by atoms with Crippen molar-refractivity contribution in [1.82, 2.24) is 0 Å². The monoisotopic (exact) mass is 233 g/mol. The van der Waals surface area contributed by atoms with E-state index in [0.29, 0.717) is 6.54 Å². The van der Waals surface area contributed by atoms with E-state index in [1.54, 1.807) is 0 Å². The summed E-state index contributed by atoms with van der Waals surface area (Å²) in [4.78, 5) is 0. The highest BCUT2D eigenvalue weighted by atomic mass is 35.5. The molecule has 0 amide bonds. The number of rotatable bonds is 2. The van der Waals surface area contributed by atoms with Gasteiger partial charge in [-0.2, -0.15) is 0 Å². The van der Waals surface area contributed by atoms with Crippen LogP contribution in [0.2, 0.25) is 0 Å². The summed E-state index contributed by atoms with van der Waals surface area (Å²) in [5, 5.41) is 0. The largest absolute Gasteiger partial charge is 0.491 e. The van der Waals surface area contributed by atoms with Crippen molar-refractivity contribution in [3.63, 3.8) is 0 Å². The second kappa shape index (κ2) is 4.87. The molecule has 0 aliphatic carbocycles. The molecule has 0 aromatic carbocycles. The number of hydrogen-bond donors (Lipinski definition) is 1. The minimum absolute atomic E-state index is 0. The highest BCUT2D eigenvalue weighted by Crippen LogP contribution is 2.38. The number of nitrogens with two attached hydrogens (primary N) is 1. The van der Waals surface area contributed by atoms with E-state index in [-0.39, 0.29) is 30.7 Å². The molecule has 0 spiro atoms. The Balaban J connectivity index is 0.00000196. The van der Waals surface area contributed by atoms with E-state index in [2.05, 4.69) is 0 Å². The van der Waals surface area contributed by atoms with Crippen molar-refractivity contribution in [1.29, 1.82) is 0 Å². The van der Waals surface area contributed by atoms with Crippen LogP contribution in [0.4, 0.5) is 0 Å². The number of allylic oxidation sites excluding steroid dienone is 1. The van der Waals surface area contributed by atoms with Crippen molar-refractivity contribution in [3.8, 4) is 0 Å². The van der Waals surface area contributed by atoms with E-state index < -0.39 is 0 Å². The molecule has 1 rings (SSSR count). The van der Waals surface area contributed by atoms with Crippen LogP contribution in [0, 0.1) is 0 Å². The molecule has 1 heterocycles. The molecule has 2 N–H and O–H groups in total. The van der Waals surface area contributed by atoms with E-state index in [0.717, 1.165) is 5.47 Å². The minimum Gasteiger partial charge on any atom is -0.400 e. The number of halogens is 1. The summed E-state index contributed by atoms with van der Waals surface area (Å²) in [6.07, 6.45) is 1.96. The summed E-state index contributed by atoms with van der Waals surface area (Å²) < 4.78 is 11.7.